The van der Waals surface area contributed by atoms with Crippen LogP contribution < -0.4 is 4.90 Å². The van der Waals surface area contributed by atoms with Crippen LogP contribution in [0.3, 0.4) is 0 Å². The van der Waals surface area contributed by atoms with Crippen LogP contribution in [0, 0.1) is 0 Å². The van der Waals surface area contributed by atoms with Crippen molar-refractivity contribution in [1.29, 1.82) is 0 Å². The van der Waals surface area contributed by atoms with Crippen molar-refractivity contribution < 1.29 is 4.42 Å². The first-order chi connectivity index (χ1) is 33.0. The third-order valence-electron chi connectivity index (χ3n) is 14.3. The minimum Gasteiger partial charge on any atom is -0.455 e. The Morgan fingerprint density at radius 2 is 0.866 bits per heavy atom. The molecule has 2 heteroatoms. The van der Waals surface area contributed by atoms with Gasteiger partial charge in [-0.1, -0.05) is 208 Å². The van der Waals surface area contributed by atoms with Crippen molar-refractivity contribution in [3.8, 4) is 55.6 Å². The van der Waals surface area contributed by atoms with Gasteiger partial charge in [-0.2, -0.15) is 0 Å². The molecule has 1 aromatic heterocycles. The van der Waals surface area contributed by atoms with Crippen LogP contribution in [0.1, 0.15) is 25.0 Å². The van der Waals surface area contributed by atoms with Crippen LogP contribution in [0.5, 0.6) is 0 Å². The Kier molecular flexibility index (Phi) is 8.91. The summed E-state index contributed by atoms with van der Waals surface area (Å²) in [5.41, 5.74) is 19.9. The van der Waals surface area contributed by atoms with Gasteiger partial charge in [-0.05, 0) is 120 Å². The lowest BCUT2D eigenvalue weighted by Crippen LogP contribution is -2.14. The molecule has 11 aromatic carbocycles. The molecule has 0 spiro atoms. The second-order valence-corrected chi connectivity index (χ2v) is 18.4. The van der Waals surface area contributed by atoms with Crippen molar-refractivity contribution in [2.45, 2.75) is 19.3 Å². The van der Waals surface area contributed by atoms with Crippen LogP contribution in [0.2, 0.25) is 0 Å². The van der Waals surface area contributed by atoms with Crippen LogP contribution in [0.15, 0.2) is 241 Å². The maximum Gasteiger partial charge on any atom is 0.143 e. The molecule has 12 aromatic rings. The molecule has 0 aliphatic heterocycles. The number of fused-ring (bicyclic) bond motifs is 9. The highest BCUT2D eigenvalue weighted by atomic mass is 16.3. The number of furan rings is 1. The van der Waals surface area contributed by atoms with E-state index in [0.717, 1.165) is 55.5 Å². The van der Waals surface area contributed by atoms with E-state index in [2.05, 4.69) is 255 Å². The van der Waals surface area contributed by atoms with Gasteiger partial charge in [-0.15, -0.1) is 0 Å². The first kappa shape index (κ1) is 39.0. The molecular formula is C65H45NO. The summed E-state index contributed by atoms with van der Waals surface area (Å²) in [7, 11) is 0. The molecule has 316 valence electrons. The average Bonchev–Trinajstić information content (AvgIpc) is 3.89. The molecule has 13 rings (SSSR count). The Bertz CT molecular complexity index is 3870. The molecule has 1 aliphatic rings. The Labute approximate surface area is 390 Å². The summed E-state index contributed by atoms with van der Waals surface area (Å²) < 4.78 is 6.61. The zero-order chi connectivity index (χ0) is 44.6. The molecule has 2 nitrogen and oxygen atoms in total. The maximum absolute atomic E-state index is 6.61. The quantitative estimate of drug-likeness (QED) is 0.159. The van der Waals surface area contributed by atoms with Crippen LogP contribution in [0.25, 0.3) is 99.1 Å². The first-order valence-corrected chi connectivity index (χ1v) is 23.3. The van der Waals surface area contributed by atoms with E-state index in [4.69, 9.17) is 4.42 Å². The Hall–Kier alpha value is -8.46. The van der Waals surface area contributed by atoms with Gasteiger partial charge in [0.25, 0.3) is 0 Å². The molecule has 0 radical (unpaired) electrons. The zero-order valence-corrected chi connectivity index (χ0v) is 37.4. The highest BCUT2D eigenvalue weighted by Crippen LogP contribution is 2.54. The van der Waals surface area contributed by atoms with Crippen molar-refractivity contribution in [1.82, 2.24) is 0 Å². The largest absolute Gasteiger partial charge is 0.455 e. The fourth-order valence-corrected chi connectivity index (χ4v) is 11.1. The van der Waals surface area contributed by atoms with Crippen molar-refractivity contribution in [2.24, 2.45) is 0 Å². The standard InChI is InChI=1S/C65H45NO/c1-65(2)57-28-10-8-23-55(57)62-54(27-14-29-58(62)65)53-22-9-11-30-59(53)66(47-37-32-44(33-38-47)50-25-13-20-46-19-12-24-49(61(46)50)42-16-4-3-5-17-42)48-39-34-45(35-40-48)51-26-15-31-60-63(51)56-41-36-43-18-6-7-21-52(43)64(56)67-60/h3-41H,1-2H3. The van der Waals surface area contributed by atoms with Crippen molar-refractivity contribution in [3.63, 3.8) is 0 Å². The second-order valence-electron chi connectivity index (χ2n) is 18.4. The summed E-state index contributed by atoms with van der Waals surface area (Å²) in [4.78, 5) is 2.44. The van der Waals surface area contributed by atoms with Gasteiger partial charge < -0.3 is 9.32 Å². The minimum absolute atomic E-state index is 0.111. The normalized spacial score (nSPS) is 12.7. The fourth-order valence-electron chi connectivity index (χ4n) is 11.1. The zero-order valence-electron chi connectivity index (χ0n) is 37.4. The monoisotopic (exact) mass is 855 g/mol. The van der Waals surface area contributed by atoms with Gasteiger partial charge in [0.1, 0.15) is 11.2 Å². The summed E-state index contributed by atoms with van der Waals surface area (Å²) in [6, 6.07) is 86.4. The second kappa shape index (κ2) is 15.3. The molecule has 0 saturated carbocycles. The van der Waals surface area contributed by atoms with Crippen molar-refractivity contribution in [2.75, 3.05) is 4.90 Å². The highest BCUT2D eigenvalue weighted by molar-refractivity contribution is 6.19. The molecule has 0 atom stereocenters. The Balaban J connectivity index is 0.978. The lowest BCUT2D eigenvalue weighted by Gasteiger charge is -2.29. The fraction of sp³-hybridized carbons (Fsp3) is 0.0462. The highest BCUT2D eigenvalue weighted by Gasteiger charge is 2.37. The number of hydrogen-bond acceptors (Lipinski definition) is 2. The number of hydrogen-bond donors (Lipinski definition) is 0. The summed E-state index contributed by atoms with van der Waals surface area (Å²) in [6.45, 7) is 4.72. The number of benzene rings is 11. The maximum atomic E-state index is 6.61. The van der Waals surface area contributed by atoms with Crippen LogP contribution in [-0.4, -0.2) is 0 Å². The lowest BCUT2D eigenvalue weighted by molar-refractivity contribution is 0.660. The molecular weight excluding hydrogens is 811 g/mol. The predicted molar refractivity (Wildman–Crippen MR) is 283 cm³/mol. The van der Waals surface area contributed by atoms with E-state index < -0.39 is 0 Å². The molecule has 0 fully saturated rings. The number of para-hydroxylation sites is 1. The minimum atomic E-state index is -0.111. The van der Waals surface area contributed by atoms with E-state index >= 15 is 0 Å². The average molecular weight is 856 g/mol. The van der Waals surface area contributed by atoms with Gasteiger partial charge in [-0.25, -0.2) is 0 Å². The summed E-state index contributed by atoms with van der Waals surface area (Å²) in [5, 5.41) is 7.06. The predicted octanol–water partition coefficient (Wildman–Crippen LogP) is 18.3. The van der Waals surface area contributed by atoms with Crippen LogP contribution >= 0.6 is 0 Å². The molecule has 0 bridgehead atoms. The molecule has 0 unspecified atom stereocenters. The third kappa shape index (κ3) is 6.18. The lowest BCUT2D eigenvalue weighted by atomic mass is 9.82. The summed E-state index contributed by atoms with van der Waals surface area (Å²) in [5.74, 6) is 0. The number of rotatable bonds is 7. The van der Waals surface area contributed by atoms with E-state index in [1.165, 1.54) is 71.8 Å². The SMILES string of the molecule is CC1(C)c2ccccc2-c2c(-c3ccccc3N(c3ccc(-c4cccc5cccc(-c6ccccc6)c45)cc3)c3ccc(-c4cccc5oc6c7ccccc7ccc6c45)cc3)cccc21. The van der Waals surface area contributed by atoms with E-state index in [9.17, 15) is 0 Å². The smallest absolute Gasteiger partial charge is 0.143 e. The van der Waals surface area contributed by atoms with Crippen molar-refractivity contribution >= 4 is 60.5 Å². The molecule has 1 heterocycles. The molecule has 67 heavy (non-hydrogen) atoms. The van der Waals surface area contributed by atoms with Gasteiger partial charge in [0, 0.05) is 38.5 Å². The third-order valence-corrected chi connectivity index (χ3v) is 14.3. The summed E-state index contributed by atoms with van der Waals surface area (Å²) in [6.07, 6.45) is 0. The van der Waals surface area contributed by atoms with Crippen LogP contribution in [-0.2, 0) is 5.41 Å². The molecule has 1 aliphatic carbocycles. The van der Waals surface area contributed by atoms with Gasteiger partial charge >= 0.3 is 0 Å². The number of anilines is 3. The van der Waals surface area contributed by atoms with Gasteiger partial charge in [0.05, 0.1) is 5.69 Å². The van der Waals surface area contributed by atoms with Gasteiger partial charge in [0.2, 0.25) is 0 Å². The number of nitrogens with zero attached hydrogens (tertiary/aromatic N) is 1. The summed E-state index contributed by atoms with van der Waals surface area (Å²) >= 11 is 0. The van der Waals surface area contributed by atoms with Crippen LogP contribution in [0.4, 0.5) is 17.1 Å². The van der Waals surface area contributed by atoms with Gasteiger partial charge in [-0.3, -0.25) is 0 Å². The van der Waals surface area contributed by atoms with E-state index in [-0.39, 0.29) is 5.41 Å². The topological polar surface area (TPSA) is 16.4 Å². The Morgan fingerprint density at radius 3 is 1.60 bits per heavy atom. The van der Waals surface area contributed by atoms with Gasteiger partial charge in [0.15, 0.2) is 0 Å². The molecule has 0 amide bonds. The van der Waals surface area contributed by atoms with Crippen molar-refractivity contribution in [3.05, 3.63) is 248 Å². The first-order valence-electron chi connectivity index (χ1n) is 23.3. The Morgan fingerprint density at radius 1 is 0.343 bits per heavy atom. The van der Waals surface area contributed by atoms with E-state index in [1.54, 1.807) is 0 Å². The van der Waals surface area contributed by atoms with E-state index in [0.29, 0.717) is 0 Å². The molecule has 0 N–H and O–H groups in total. The molecule has 0 saturated heterocycles. The van der Waals surface area contributed by atoms with E-state index in [1.807, 2.05) is 0 Å².